The number of ether oxygens (including phenoxy) is 8. The zero-order valence-corrected chi connectivity index (χ0v) is 47.3. The molecule has 2 aliphatic carbocycles. The van der Waals surface area contributed by atoms with Gasteiger partial charge in [0.1, 0.15) is 26.4 Å². The van der Waals surface area contributed by atoms with Gasteiger partial charge in [0.05, 0.1) is 37.1 Å². The van der Waals surface area contributed by atoms with Crippen molar-refractivity contribution in [3.63, 3.8) is 0 Å². The van der Waals surface area contributed by atoms with Crippen LogP contribution in [0.25, 0.3) is 11.1 Å². The van der Waals surface area contributed by atoms with E-state index in [0.717, 1.165) is 0 Å². The van der Waals surface area contributed by atoms with Gasteiger partial charge in [0.15, 0.2) is 23.8 Å². The van der Waals surface area contributed by atoms with E-state index in [0.29, 0.717) is 55.9 Å². The first-order chi connectivity index (χ1) is 39.9. The average Bonchev–Trinajstić information content (AvgIpc) is 2.86. The van der Waals surface area contributed by atoms with E-state index in [1.165, 1.54) is 39.8 Å². The Hall–Kier alpha value is -9.98. The Bertz CT molecular complexity index is 3190. The number of nitrogens with zero attached hydrogens (tertiary/aromatic N) is 2. The molecule has 0 aliphatic heterocycles. The Kier molecular flexibility index (Phi) is 21.9. The molecule has 4 aromatic rings. The van der Waals surface area contributed by atoms with Crippen LogP contribution in [0.1, 0.15) is 122 Å². The number of carbonyl (C=O) groups is 10. The van der Waals surface area contributed by atoms with Crippen LogP contribution in [0.3, 0.4) is 0 Å². The third-order valence-electron chi connectivity index (χ3n) is 12.7. The molecule has 0 amide bonds. The number of pyridine rings is 2. The smallest absolute Gasteiger partial charge is 0.333 e. The lowest BCUT2D eigenvalue weighted by Gasteiger charge is -2.27. The summed E-state index contributed by atoms with van der Waals surface area (Å²) in [5, 5.41) is 0. The van der Waals surface area contributed by atoms with Crippen LogP contribution in [0.15, 0.2) is 157 Å². The lowest BCUT2D eigenvalue weighted by molar-refractivity contribution is -0.165. The minimum Gasteiger partial charge on any atom is -0.458 e. The monoisotopic (exact) mass is 1150 g/mol. The number of Topliss-reactive ketones (excluding diaryl/α,β-unsaturated/α-hetero) is 2. The summed E-state index contributed by atoms with van der Waals surface area (Å²) in [6, 6.07) is 23.5. The highest BCUT2D eigenvalue weighted by Crippen LogP contribution is 2.44. The number of ketones is 2. The number of hydrogen-bond donors (Lipinski definition) is 0. The standard InChI is InChI=1S/C64H62N2O18/c1-35(2)61(73)77-31-41(32-78-62(74)36(3)4)81-55(67)25-27-57(69)83-53-23-15-21-51(65-53)39(9)47-29-49(43-17-11-13-19-45(43)59(47)71)50-30-48(60(72)46-20-14-12-18-44(46)50)40(10)52-22-16-24-54(66-52)84-58(70)28-26-56(68)82-42(33-79-63(75)37(5)6)34-80-64(76)38(7)8/h11-24,29-30,39-42H,1,3,5,7,25-28,31-34H2,2,4,6,8-10H3/b50-49+. The fourth-order valence-electron chi connectivity index (χ4n) is 8.24. The van der Waals surface area contributed by atoms with E-state index in [2.05, 4.69) is 36.3 Å². The SMILES string of the molecule is C=C(C)C(=O)OCC(COC(=O)C(=C)C)OC(=O)CCC(=O)Oc1cccc(C(C)C2=C/C(=C3/C=C(C(C)c4cccc(OC(=O)CCC(=O)OC(COC(=O)C(=C)C)COC(=O)C(=C)C)n4)C(=O)c4ccccc43)c3ccccc3C2=O)n1. The first-order valence-corrected chi connectivity index (χ1v) is 26.4. The third kappa shape index (κ3) is 17.0. The molecule has 2 aliphatic rings. The highest BCUT2D eigenvalue weighted by atomic mass is 16.6. The second-order valence-electron chi connectivity index (χ2n) is 19.7. The number of fused-ring (bicyclic) bond motifs is 2. The molecule has 0 bridgehead atoms. The van der Waals surface area contributed by atoms with E-state index in [4.69, 9.17) is 37.9 Å². The quantitative estimate of drug-likeness (QED) is 0.0322. The van der Waals surface area contributed by atoms with Crippen molar-refractivity contribution < 1.29 is 85.8 Å². The van der Waals surface area contributed by atoms with Crippen molar-refractivity contribution >= 4 is 70.5 Å². The minimum atomic E-state index is -1.20. The molecule has 2 heterocycles. The fraction of sp³-hybridized carbons (Fsp3) is 0.281. The summed E-state index contributed by atoms with van der Waals surface area (Å²) in [6.07, 6.45) is -0.692. The summed E-state index contributed by atoms with van der Waals surface area (Å²) >= 11 is 0. The molecule has 2 atom stereocenters. The molecular formula is C64H62N2O18. The van der Waals surface area contributed by atoms with Gasteiger partial charge in [-0.3, -0.25) is 28.8 Å². The molecule has 0 saturated heterocycles. The normalized spacial score (nSPS) is 14.0. The van der Waals surface area contributed by atoms with Crippen LogP contribution in [-0.4, -0.2) is 108 Å². The number of hydrogen-bond acceptors (Lipinski definition) is 20. The highest BCUT2D eigenvalue weighted by molar-refractivity contribution is 6.24. The van der Waals surface area contributed by atoms with Crippen molar-refractivity contribution in [1.29, 1.82) is 0 Å². The number of rotatable bonds is 26. The molecule has 2 unspecified atom stereocenters. The molecule has 0 fully saturated rings. The average molecular weight is 1150 g/mol. The minimum absolute atomic E-state index is 0.0922. The topological polar surface area (TPSA) is 270 Å². The number of carbonyl (C=O) groups excluding carboxylic acids is 10. The number of benzene rings is 2. The first-order valence-electron chi connectivity index (χ1n) is 26.4. The van der Waals surface area contributed by atoms with Crippen molar-refractivity contribution in [1.82, 2.24) is 9.97 Å². The van der Waals surface area contributed by atoms with Gasteiger partial charge in [-0.1, -0.05) is 101 Å². The number of esters is 8. The van der Waals surface area contributed by atoms with E-state index in [1.54, 1.807) is 86.7 Å². The van der Waals surface area contributed by atoms with Crippen LogP contribution < -0.4 is 9.47 Å². The predicted octanol–water partition coefficient (Wildman–Crippen LogP) is 8.91. The summed E-state index contributed by atoms with van der Waals surface area (Å²) in [5.41, 5.74) is 4.99. The van der Waals surface area contributed by atoms with Crippen LogP contribution >= 0.6 is 0 Å². The Morgan fingerprint density at radius 3 is 1.02 bits per heavy atom. The molecule has 0 N–H and O–H groups in total. The third-order valence-corrected chi connectivity index (χ3v) is 12.7. The van der Waals surface area contributed by atoms with Crippen LogP contribution in [0.4, 0.5) is 0 Å². The van der Waals surface area contributed by atoms with Gasteiger partial charge in [-0.2, -0.15) is 0 Å². The van der Waals surface area contributed by atoms with Crippen LogP contribution in [0, 0.1) is 0 Å². The van der Waals surface area contributed by atoms with Gasteiger partial charge < -0.3 is 37.9 Å². The Morgan fingerprint density at radius 1 is 0.417 bits per heavy atom. The first kappa shape index (κ1) is 63.2. The molecule has 6 rings (SSSR count). The van der Waals surface area contributed by atoms with Gasteiger partial charge in [-0.25, -0.2) is 29.1 Å². The van der Waals surface area contributed by atoms with Crippen LogP contribution in [0.2, 0.25) is 0 Å². The second kappa shape index (κ2) is 29.1. The molecule has 2 aromatic carbocycles. The molecular weight excluding hydrogens is 1080 g/mol. The maximum atomic E-state index is 14.5. The number of allylic oxidation sites excluding steroid dienone is 6. The molecule has 0 radical (unpaired) electrons. The zero-order chi connectivity index (χ0) is 61.4. The molecule has 0 spiro atoms. The summed E-state index contributed by atoms with van der Waals surface area (Å²) < 4.78 is 42.1. The van der Waals surface area contributed by atoms with Crippen LogP contribution in [-0.2, 0) is 66.8 Å². The van der Waals surface area contributed by atoms with Crippen molar-refractivity contribution in [2.75, 3.05) is 26.4 Å². The van der Waals surface area contributed by atoms with Gasteiger partial charge >= 0.3 is 47.8 Å². The largest absolute Gasteiger partial charge is 0.458 e. The van der Waals surface area contributed by atoms with Crippen LogP contribution in [0.5, 0.6) is 11.8 Å². The van der Waals surface area contributed by atoms with Crippen molar-refractivity contribution in [2.45, 2.75) is 91.3 Å². The summed E-state index contributed by atoms with van der Waals surface area (Å²) in [7, 11) is 0. The molecule has 2 aromatic heterocycles. The van der Waals surface area contributed by atoms with E-state index >= 15 is 0 Å². The second-order valence-corrected chi connectivity index (χ2v) is 19.7. The Balaban J connectivity index is 1.19. The maximum Gasteiger partial charge on any atom is 0.333 e. The van der Waals surface area contributed by atoms with E-state index in [9.17, 15) is 47.9 Å². The zero-order valence-electron chi connectivity index (χ0n) is 47.3. The lowest BCUT2D eigenvalue weighted by atomic mass is 9.75. The van der Waals surface area contributed by atoms with Crippen molar-refractivity contribution in [3.05, 3.63) is 190 Å². The lowest BCUT2D eigenvalue weighted by Crippen LogP contribution is -2.31. The maximum absolute atomic E-state index is 14.5. The summed E-state index contributed by atoms with van der Waals surface area (Å²) in [6.45, 7) is 21.4. The van der Waals surface area contributed by atoms with Gasteiger partial charge in [-0.15, -0.1) is 0 Å². The summed E-state index contributed by atoms with van der Waals surface area (Å²) in [5.74, 6) is -8.64. The van der Waals surface area contributed by atoms with Crippen molar-refractivity contribution in [3.8, 4) is 11.8 Å². The van der Waals surface area contributed by atoms with Gasteiger partial charge in [0.2, 0.25) is 11.8 Å². The number of aromatic nitrogens is 2. The van der Waals surface area contributed by atoms with Gasteiger partial charge in [-0.05, 0) is 74.3 Å². The fourth-order valence-corrected chi connectivity index (χ4v) is 8.24. The van der Waals surface area contributed by atoms with E-state index in [1.807, 2.05) is 12.1 Å². The van der Waals surface area contributed by atoms with E-state index < -0.39 is 124 Å². The molecule has 436 valence electrons. The molecule has 84 heavy (non-hydrogen) atoms. The Labute approximate surface area is 484 Å². The van der Waals surface area contributed by atoms with Crippen molar-refractivity contribution in [2.24, 2.45) is 0 Å². The molecule has 0 saturated carbocycles. The van der Waals surface area contributed by atoms with Gasteiger partial charge in [0.25, 0.3) is 0 Å². The Morgan fingerprint density at radius 2 is 0.714 bits per heavy atom. The highest BCUT2D eigenvalue weighted by Gasteiger charge is 2.34. The predicted molar refractivity (Wildman–Crippen MR) is 302 cm³/mol. The molecule has 20 heteroatoms. The summed E-state index contributed by atoms with van der Waals surface area (Å²) in [4.78, 5) is 138. The van der Waals surface area contributed by atoms with E-state index in [-0.39, 0.29) is 45.6 Å². The van der Waals surface area contributed by atoms with Gasteiger partial charge in [0, 0.05) is 68.5 Å². The molecule has 20 nitrogen and oxygen atoms in total.